The zero-order valence-electron chi connectivity index (χ0n) is 28.6. The van der Waals surface area contributed by atoms with E-state index in [1.807, 2.05) is 13.8 Å². The topological polar surface area (TPSA) is 138 Å². The van der Waals surface area contributed by atoms with Gasteiger partial charge in [-0.05, 0) is 101 Å². The van der Waals surface area contributed by atoms with E-state index in [4.69, 9.17) is 35.3 Å². The van der Waals surface area contributed by atoms with Crippen molar-refractivity contribution < 1.29 is 46.8 Å². The molecule has 0 fully saturated rings. The molecule has 3 aromatic rings. The van der Waals surface area contributed by atoms with Crippen LogP contribution in [0.3, 0.4) is 0 Å². The summed E-state index contributed by atoms with van der Waals surface area (Å²) in [4.78, 5) is 26.9. The number of carbonyl (C=O) groups excluding carboxylic acids is 2. The lowest BCUT2D eigenvalue weighted by Crippen LogP contribution is -2.40. The van der Waals surface area contributed by atoms with Crippen LogP contribution in [0, 0.1) is 0 Å². The molecule has 268 valence electrons. The van der Waals surface area contributed by atoms with Crippen LogP contribution in [-0.2, 0) is 40.0 Å². The molecule has 0 aliphatic carbocycles. The van der Waals surface area contributed by atoms with Crippen molar-refractivity contribution in [2.24, 2.45) is 0 Å². The normalized spacial score (nSPS) is 12.4. The highest BCUT2D eigenvalue weighted by Gasteiger charge is 2.25. The lowest BCUT2D eigenvalue weighted by atomic mass is 10.1. The van der Waals surface area contributed by atoms with Gasteiger partial charge in [0.15, 0.2) is 6.61 Å². The minimum Gasteiger partial charge on any atom is -0.482 e. The molecule has 49 heavy (non-hydrogen) atoms. The molecule has 1 unspecified atom stereocenters. The molecule has 11 nitrogen and oxygen atoms in total. The second-order valence-electron chi connectivity index (χ2n) is 12.1. The molecule has 0 aliphatic heterocycles. The molecular formula is C36H46ClNO10S. The molecule has 0 bridgehead atoms. The van der Waals surface area contributed by atoms with Crippen molar-refractivity contribution in [2.75, 3.05) is 46.1 Å². The first-order valence-corrected chi connectivity index (χ1v) is 17.9. The molecule has 13 heteroatoms. The van der Waals surface area contributed by atoms with E-state index < -0.39 is 39.7 Å². The van der Waals surface area contributed by atoms with Gasteiger partial charge in [-0.25, -0.2) is 18.0 Å². The molecule has 1 amide bonds. The van der Waals surface area contributed by atoms with Crippen LogP contribution in [-0.4, -0.2) is 88.3 Å². The maximum absolute atomic E-state index is 13.3. The number of carbonyl (C=O) groups is 2. The SMILES string of the molecule is CCOCC(COCC)OC(=O)COc1ccc(S(=O)(=O)c2ccc(CCN(CC(O)c3cccc(Cl)c3)C(=O)OC(C)(C)C)cc2)cc1. The Bertz CT molecular complexity index is 1580. The van der Waals surface area contributed by atoms with Crippen LogP contribution in [0.4, 0.5) is 4.79 Å². The third-order valence-corrected chi connectivity index (χ3v) is 9.01. The summed E-state index contributed by atoms with van der Waals surface area (Å²) in [6.45, 7) is 10.1. The third-order valence-electron chi connectivity index (χ3n) is 6.99. The zero-order valence-corrected chi connectivity index (χ0v) is 30.2. The van der Waals surface area contributed by atoms with Gasteiger partial charge in [0.25, 0.3) is 0 Å². The Morgan fingerprint density at radius 2 is 1.49 bits per heavy atom. The van der Waals surface area contributed by atoms with Gasteiger partial charge in [-0.3, -0.25) is 0 Å². The largest absolute Gasteiger partial charge is 0.482 e. The fraction of sp³-hybridized carbons (Fsp3) is 0.444. The van der Waals surface area contributed by atoms with E-state index in [0.29, 0.717) is 36.0 Å². The second kappa shape index (κ2) is 18.9. The van der Waals surface area contributed by atoms with Gasteiger partial charge in [0.05, 0.1) is 35.7 Å². The predicted molar refractivity (Wildman–Crippen MR) is 185 cm³/mol. The molecule has 3 rings (SSSR count). The smallest absolute Gasteiger partial charge is 0.410 e. The molecular weight excluding hydrogens is 674 g/mol. The van der Waals surface area contributed by atoms with Crippen LogP contribution in [0.2, 0.25) is 5.02 Å². The Balaban J connectivity index is 1.61. The van der Waals surface area contributed by atoms with Gasteiger partial charge in [0.1, 0.15) is 17.5 Å². The standard InChI is InChI=1S/C36H46ClNO10S/c1-6-44-23-30(24-45-7-2)47-34(40)25-46-29-13-17-32(18-14-29)49(42,43)31-15-11-26(12-16-31)19-20-38(35(41)48-36(3,4)5)22-33(39)27-9-8-10-28(37)21-27/h8-18,21,30,33,39H,6-7,19-20,22-25H2,1-5H3. The third kappa shape index (κ3) is 13.3. The molecule has 0 aromatic heterocycles. The molecule has 3 aromatic carbocycles. The first-order chi connectivity index (χ1) is 23.2. The number of benzene rings is 3. The number of nitrogens with zero attached hydrogens (tertiary/aromatic N) is 1. The second-order valence-corrected chi connectivity index (χ2v) is 14.5. The molecule has 1 atom stereocenters. The van der Waals surface area contributed by atoms with Crippen molar-refractivity contribution in [1.82, 2.24) is 4.90 Å². The number of sulfone groups is 1. The van der Waals surface area contributed by atoms with E-state index in [-0.39, 0.29) is 42.7 Å². The summed E-state index contributed by atoms with van der Waals surface area (Å²) in [6, 6.07) is 18.9. The predicted octanol–water partition coefficient (Wildman–Crippen LogP) is 6.05. The molecule has 0 spiro atoms. The fourth-order valence-electron chi connectivity index (χ4n) is 4.54. The average molecular weight is 720 g/mol. The van der Waals surface area contributed by atoms with Gasteiger partial charge in [-0.15, -0.1) is 0 Å². The molecule has 0 aliphatic rings. The Labute approximate surface area is 293 Å². The Hall–Kier alpha value is -3.68. The Morgan fingerprint density at radius 1 is 0.898 bits per heavy atom. The monoisotopic (exact) mass is 719 g/mol. The molecule has 0 saturated heterocycles. The van der Waals surface area contributed by atoms with Crippen LogP contribution < -0.4 is 4.74 Å². The number of amides is 1. The highest BCUT2D eigenvalue weighted by atomic mass is 35.5. The summed E-state index contributed by atoms with van der Waals surface area (Å²) < 4.78 is 53.8. The Morgan fingerprint density at radius 3 is 2.04 bits per heavy atom. The maximum Gasteiger partial charge on any atom is 0.410 e. The van der Waals surface area contributed by atoms with Crippen molar-refractivity contribution in [1.29, 1.82) is 0 Å². The van der Waals surface area contributed by atoms with E-state index in [0.717, 1.165) is 5.56 Å². The average Bonchev–Trinajstić information content (AvgIpc) is 3.06. The Kier molecular flexibility index (Phi) is 15.3. The van der Waals surface area contributed by atoms with Gasteiger partial charge in [-0.2, -0.15) is 0 Å². The minimum atomic E-state index is -3.86. The number of aliphatic hydroxyl groups is 1. The fourth-order valence-corrected chi connectivity index (χ4v) is 6.00. The van der Waals surface area contributed by atoms with Gasteiger partial charge in [-0.1, -0.05) is 35.9 Å². The van der Waals surface area contributed by atoms with E-state index >= 15 is 0 Å². The van der Waals surface area contributed by atoms with E-state index in [1.165, 1.54) is 41.3 Å². The summed E-state index contributed by atoms with van der Waals surface area (Å²) in [5, 5.41) is 11.3. The highest BCUT2D eigenvalue weighted by Crippen LogP contribution is 2.25. The van der Waals surface area contributed by atoms with Gasteiger partial charge < -0.3 is 33.7 Å². The van der Waals surface area contributed by atoms with Crippen LogP contribution in [0.1, 0.15) is 51.8 Å². The number of ether oxygens (including phenoxy) is 5. The summed E-state index contributed by atoms with van der Waals surface area (Å²) in [5.74, 6) is -0.305. The number of rotatable bonds is 18. The lowest BCUT2D eigenvalue weighted by molar-refractivity contribution is -0.158. The van der Waals surface area contributed by atoms with Crippen molar-refractivity contribution in [3.63, 3.8) is 0 Å². The summed E-state index contributed by atoms with van der Waals surface area (Å²) in [5.41, 5.74) is 0.613. The van der Waals surface area contributed by atoms with Gasteiger partial charge in [0.2, 0.25) is 9.84 Å². The van der Waals surface area contributed by atoms with E-state index in [1.54, 1.807) is 57.2 Å². The zero-order chi connectivity index (χ0) is 36.0. The molecule has 1 N–H and O–H groups in total. The van der Waals surface area contributed by atoms with Crippen molar-refractivity contribution in [3.05, 3.63) is 88.9 Å². The first-order valence-electron chi connectivity index (χ1n) is 16.0. The van der Waals surface area contributed by atoms with Crippen LogP contribution >= 0.6 is 11.6 Å². The van der Waals surface area contributed by atoms with Crippen molar-refractivity contribution in [3.8, 4) is 5.75 Å². The van der Waals surface area contributed by atoms with Crippen LogP contribution in [0.15, 0.2) is 82.6 Å². The van der Waals surface area contributed by atoms with Crippen molar-refractivity contribution >= 4 is 33.5 Å². The number of esters is 1. The molecule has 0 heterocycles. The quantitative estimate of drug-likeness (QED) is 0.155. The number of halogens is 1. The summed E-state index contributed by atoms with van der Waals surface area (Å²) in [6.07, 6.45) is -1.75. The van der Waals surface area contributed by atoms with Gasteiger partial charge in [0, 0.05) is 24.8 Å². The number of aliphatic hydroxyl groups excluding tert-OH is 1. The molecule has 0 radical (unpaired) electrons. The van der Waals surface area contributed by atoms with E-state index in [2.05, 4.69) is 0 Å². The van der Waals surface area contributed by atoms with Crippen molar-refractivity contribution in [2.45, 2.75) is 68.6 Å². The lowest BCUT2D eigenvalue weighted by Gasteiger charge is -2.29. The summed E-state index contributed by atoms with van der Waals surface area (Å²) >= 11 is 6.08. The maximum atomic E-state index is 13.3. The van der Waals surface area contributed by atoms with Crippen LogP contribution in [0.25, 0.3) is 0 Å². The summed E-state index contributed by atoms with van der Waals surface area (Å²) in [7, 11) is -3.86. The first kappa shape index (κ1) is 39.8. The number of hydrogen-bond donors (Lipinski definition) is 1. The van der Waals surface area contributed by atoms with Crippen LogP contribution in [0.5, 0.6) is 5.75 Å². The van der Waals surface area contributed by atoms with Gasteiger partial charge >= 0.3 is 12.1 Å². The minimum absolute atomic E-state index is 0.0228. The molecule has 0 saturated carbocycles. The number of hydrogen-bond acceptors (Lipinski definition) is 10. The van der Waals surface area contributed by atoms with E-state index in [9.17, 15) is 23.1 Å². The highest BCUT2D eigenvalue weighted by molar-refractivity contribution is 7.91.